The summed E-state index contributed by atoms with van der Waals surface area (Å²) < 4.78 is 1.66. The summed E-state index contributed by atoms with van der Waals surface area (Å²) in [6.45, 7) is 1.98. The Balaban J connectivity index is 2.39. The van der Waals surface area contributed by atoms with Gasteiger partial charge >= 0.3 is 5.69 Å². The lowest BCUT2D eigenvalue weighted by Crippen LogP contribution is -2.07. The Hall–Kier alpha value is -1.10. The smallest absolute Gasteiger partial charge is 0.258 e. The number of hydrogen-bond acceptors (Lipinski definition) is 3. The number of aryl methyl sites for hydroxylation is 1. The van der Waals surface area contributed by atoms with Gasteiger partial charge in [-0.05, 0) is 19.3 Å². The van der Waals surface area contributed by atoms with Crippen LogP contribution in [0.5, 0.6) is 0 Å². The molecule has 17 heavy (non-hydrogen) atoms. The molecule has 0 aliphatic heterocycles. The van der Waals surface area contributed by atoms with Crippen molar-refractivity contribution < 1.29 is 4.92 Å². The lowest BCUT2D eigenvalue weighted by Gasteiger charge is -2.09. The molecule has 1 aliphatic rings. The fourth-order valence-corrected chi connectivity index (χ4v) is 2.78. The summed E-state index contributed by atoms with van der Waals surface area (Å²) in [5.74, 6) is 0. The van der Waals surface area contributed by atoms with Crippen molar-refractivity contribution in [3.05, 3.63) is 21.0 Å². The molecule has 0 bridgehead atoms. The Morgan fingerprint density at radius 3 is 2.71 bits per heavy atom. The Kier molecular flexibility index (Phi) is 3.66. The first kappa shape index (κ1) is 12.4. The predicted molar refractivity (Wildman–Crippen MR) is 65.4 cm³/mol. The minimum atomic E-state index is -0.411. The van der Waals surface area contributed by atoms with Crippen molar-refractivity contribution in [3.63, 3.8) is 0 Å². The van der Waals surface area contributed by atoms with Gasteiger partial charge in [-0.3, -0.25) is 10.1 Å². The van der Waals surface area contributed by atoms with Crippen LogP contribution in [-0.2, 0) is 6.42 Å². The van der Waals surface area contributed by atoms with Crippen LogP contribution >= 0.6 is 11.6 Å². The van der Waals surface area contributed by atoms with Crippen LogP contribution in [0.15, 0.2) is 0 Å². The van der Waals surface area contributed by atoms with E-state index in [0.717, 1.165) is 32.1 Å². The second-order valence-corrected chi connectivity index (χ2v) is 4.83. The maximum absolute atomic E-state index is 11.0. The number of halogens is 1. The third kappa shape index (κ3) is 2.29. The zero-order valence-corrected chi connectivity index (χ0v) is 10.6. The molecule has 0 saturated heterocycles. The molecule has 0 spiro atoms. The summed E-state index contributed by atoms with van der Waals surface area (Å²) in [4.78, 5) is 10.6. The molecule has 1 aromatic rings. The normalized spacial score (nSPS) is 16.6. The van der Waals surface area contributed by atoms with Gasteiger partial charge in [0.15, 0.2) is 0 Å². The summed E-state index contributed by atoms with van der Waals surface area (Å²) in [5.41, 5.74) is 0.523. The van der Waals surface area contributed by atoms with Crippen molar-refractivity contribution in [1.29, 1.82) is 0 Å². The maximum Gasteiger partial charge on any atom is 0.329 e. The number of nitrogens with zero attached hydrogens (tertiary/aromatic N) is 3. The second-order valence-electron chi connectivity index (χ2n) is 4.48. The molecular weight excluding hydrogens is 242 g/mol. The van der Waals surface area contributed by atoms with E-state index in [2.05, 4.69) is 5.10 Å². The highest BCUT2D eigenvalue weighted by molar-refractivity contribution is 6.31. The molecule has 1 aromatic heterocycles. The summed E-state index contributed by atoms with van der Waals surface area (Å²) in [6, 6.07) is 0.242. The molecule has 1 aliphatic carbocycles. The fraction of sp³-hybridized carbons (Fsp3) is 0.727. The van der Waals surface area contributed by atoms with Crippen LogP contribution in [0.4, 0.5) is 5.69 Å². The van der Waals surface area contributed by atoms with Gasteiger partial charge in [0.1, 0.15) is 5.69 Å². The van der Waals surface area contributed by atoms with E-state index < -0.39 is 4.92 Å². The number of aromatic nitrogens is 2. The molecule has 0 atom stereocenters. The minimum absolute atomic E-state index is 0.000386. The van der Waals surface area contributed by atoms with Crippen LogP contribution in [0, 0.1) is 10.1 Å². The second kappa shape index (κ2) is 5.04. The van der Waals surface area contributed by atoms with Crippen LogP contribution in [0.2, 0.25) is 5.15 Å². The molecule has 2 rings (SSSR count). The van der Waals surface area contributed by atoms with Gasteiger partial charge < -0.3 is 0 Å². The maximum atomic E-state index is 11.0. The van der Waals surface area contributed by atoms with E-state index in [9.17, 15) is 10.1 Å². The Bertz CT molecular complexity index is 425. The van der Waals surface area contributed by atoms with E-state index in [-0.39, 0.29) is 16.9 Å². The van der Waals surface area contributed by atoms with Gasteiger partial charge in [-0.1, -0.05) is 37.8 Å². The minimum Gasteiger partial charge on any atom is -0.258 e. The lowest BCUT2D eigenvalue weighted by molar-refractivity contribution is -0.385. The first-order valence-electron chi connectivity index (χ1n) is 6.06. The van der Waals surface area contributed by atoms with E-state index in [4.69, 9.17) is 11.6 Å². The Labute approximate surface area is 105 Å². The zero-order chi connectivity index (χ0) is 12.4. The first-order valence-corrected chi connectivity index (χ1v) is 6.44. The fourth-order valence-electron chi connectivity index (χ4n) is 2.43. The molecule has 0 amide bonds. The SMILES string of the molecule is CCCc1nn(C2CCCC2)c(Cl)c1[N+](=O)[O-]. The molecular formula is C11H16ClN3O2. The largest absolute Gasteiger partial charge is 0.329 e. The van der Waals surface area contributed by atoms with Gasteiger partial charge in [0.05, 0.1) is 11.0 Å². The van der Waals surface area contributed by atoms with Gasteiger partial charge in [-0.15, -0.1) is 0 Å². The third-order valence-corrected chi connectivity index (χ3v) is 3.59. The summed E-state index contributed by atoms with van der Waals surface area (Å²) in [5, 5.41) is 15.6. The van der Waals surface area contributed by atoms with Crippen molar-refractivity contribution >= 4 is 17.3 Å². The number of hydrogen-bond donors (Lipinski definition) is 0. The van der Waals surface area contributed by atoms with E-state index in [1.807, 2.05) is 6.92 Å². The Morgan fingerprint density at radius 1 is 1.53 bits per heavy atom. The van der Waals surface area contributed by atoms with Gasteiger partial charge in [0.25, 0.3) is 0 Å². The molecule has 1 saturated carbocycles. The molecule has 0 unspecified atom stereocenters. The van der Waals surface area contributed by atoms with Gasteiger partial charge in [-0.2, -0.15) is 5.10 Å². The van der Waals surface area contributed by atoms with Crippen LogP contribution in [-0.4, -0.2) is 14.7 Å². The monoisotopic (exact) mass is 257 g/mol. The summed E-state index contributed by atoms with van der Waals surface area (Å²) in [6.07, 6.45) is 5.78. The van der Waals surface area contributed by atoms with Crippen LogP contribution in [0.25, 0.3) is 0 Å². The summed E-state index contributed by atoms with van der Waals surface area (Å²) >= 11 is 6.10. The molecule has 94 valence electrons. The number of nitro groups is 1. The van der Waals surface area contributed by atoms with Gasteiger partial charge in [0, 0.05) is 0 Å². The first-order chi connectivity index (χ1) is 8.15. The molecule has 1 fully saturated rings. The predicted octanol–water partition coefficient (Wildman–Crippen LogP) is 3.51. The molecule has 0 aromatic carbocycles. The highest BCUT2D eigenvalue weighted by Gasteiger charge is 2.30. The number of rotatable bonds is 4. The molecule has 5 nitrogen and oxygen atoms in total. The van der Waals surface area contributed by atoms with E-state index in [1.54, 1.807) is 4.68 Å². The van der Waals surface area contributed by atoms with Crippen LogP contribution < -0.4 is 0 Å². The zero-order valence-electron chi connectivity index (χ0n) is 9.86. The van der Waals surface area contributed by atoms with Crippen molar-refractivity contribution in [2.45, 2.75) is 51.5 Å². The average Bonchev–Trinajstić information content (AvgIpc) is 2.86. The highest BCUT2D eigenvalue weighted by Crippen LogP contribution is 2.37. The van der Waals surface area contributed by atoms with E-state index >= 15 is 0 Å². The van der Waals surface area contributed by atoms with Crippen molar-refractivity contribution in [3.8, 4) is 0 Å². The Morgan fingerprint density at radius 2 is 2.18 bits per heavy atom. The topological polar surface area (TPSA) is 61.0 Å². The van der Waals surface area contributed by atoms with Gasteiger partial charge in [-0.25, -0.2) is 4.68 Å². The van der Waals surface area contributed by atoms with Gasteiger partial charge in [0.2, 0.25) is 5.15 Å². The van der Waals surface area contributed by atoms with Crippen LogP contribution in [0.3, 0.4) is 0 Å². The highest BCUT2D eigenvalue weighted by atomic mass is 35.5. The quantitative estimate of drug-likeness (QED) is 0.612. The molecule has 6 heteroatoms. The molecule has 0 radical (unpaired) electrons. The van der Waals surface area contributed by atoms with Crippen molar-refractivity contribution in [2.75, 3.05) is 0 Å². The van der Waals surface area contributed by atoms with Crippen LogP contribution in [0.1, 0.15) is 50.8 Å². The summed E-state index contributed by atoms with van der Waals surface area (Å²) in [7, 11) is 0. The lowest BCUT2D eigenvalue weighted by atomic mass is 10.2. The molecule has 0 N–H and O–H groups in total. The third-order valence-electron chi connectivity index (χ3n) is 3.24. The molecule has 1 heterocycles. The van der Waals surface area contributed by atoms with Crippen molar-refractivity contribution in [1.82, 2.24) is 9.78 Å². The van der Waals surface area contributed by atoms with E-state index in [0.29, 0.717) is 12.1 Å². The van der Waals surface area contributed by atoms with E-state index in [1.165, 1.54) is 0 Å². The average molecular weight is 258 g/mol. The standard InChI is InChI=1S/C11H16ClN3O2/c1-2-5-9-10(15(16)17)11(12)14(13-9)8-6-3-4-7-8/h8H,2-7H2,1H3. The van der Waals surface area contributed by atoms with Crippen molar-refractivity contribution in [2.24, 2.45) is 0 Å².